The van der Waals surface area contributed by atoms with Gasteiger partial charge < -0.3 is 10.2 Å². The van der Waals surface area contributed by atoms with Gasteiger partial charge >= 0.3 is 0 Å². The summed E-state index contributed by atoms with van der Waals surface area (Å²) >= 11 is 7.68. The summed E-state index contributed by atoms with van der Waals surface area (Å²) in [5, 5.41) is 4.78. The maximum absolute atomic E-state index is 13.3. The summed E-state index contributed by atoms with van der Waals surface area (Å²) in [5.41, 5.74) is 1.23. The van der Waals surface area contributed by atoms with Crippen LogP contribution in [-0.4, -0.2) is 51.8 Å². The molecule has 0 aliphatic carbocycles. The summed E-state index contributed by atoms with van der Waals surface area (Å²) in [5.74, 6) is 0.764. The quantitative estimate of drug-likeness (QED) is 0.227. The summed E-state index contributed by atoms with van der Waals surface area (Å²) in [4.78, 5) is 32.9. The molecule has 1 aliphatic rings. The van der Waals surface area contributed by atoms with Gasteiger partial charge in [0.15, 0.2) is 5.16 Å². The Hall–Kier alpha value is -2.35. The number of fused-ring (bicyclic) bond motifs is 1. The van der Waals surface area contributed by atoms with Gasteiger partial charge in [-0.25, -0.2) is 4.98 Å². The first-order chi connectivity index (χ1) is 17.0. The van der Waals surface area contributed by atoms with E-state index < -0.39 is 0 Å². The number of amides is 1. The van der Waals surface area contributed by atoms with E-state index in [0.29, 0.717) is 51.4 Å². The molecule has 1 aromatic heterocycles. The molecule has 0 radical (unpaired) electrons. The van der Waals surface area contributed by atoms with Crippen LogP contribution in [0, 0.1) is 0 Å². The zero-order valence-electron chi connectivity index (χ0n) is 20.2. The number of thioether (sulfide) groups is 1. The van der Waals surface area contributed by atoms with Crippen LogP contribution in [0.5, 0.6) is 0 Å². The van der Waals surface area contributed by atoms with Crippen molar-refractivity contribution in [2.75, 3.05) is 25.4 Å². The number of nitrogens with zero attached hydrogens (tertiary/aromatic N) is 3. The van der Waals surface area contributed by atoms with Crippen LogP contribution < -0.4 is 10.9 Å². The average Bonchev–Trinajstić information content (AvgIpc) is 2.85. The Morgan fingerprint density at radius 1 is 1.17 bits per heavy atom. The molecule has 1 fully saturated rings. The van der Waals surface area contributed by atoms with Crippen LogP contribution >= 0.6 is 23.4 Å². The molecule has 0 spiro atoms. The van der Waals surface area contributed by atoms with E-state index in [9.17, 15) is 9.59 Å². The Morgan fingerprint density at radius 3 is 2.86 bits per heavy atom. The van der Waals surface area contributed by atoms with Crippen molar-refractivity contribution in [2.45, 2.75) is 56.6 Å². The molecule has 0 saturated carbocycles. The fraction of sp³-hybridized carbons (Fsp3) is 0.444. The van der Waals surface area contributed by atoms with E-state index in [2.05, 4.69) is 17.1 Å². The number of aromatic nitrogens is 2. The fourth-order valence-corrected chi connectivity index (χ4v) is 5.67. The highest BCUT2D eigenvalue weighted by Crippen LogP contribution is 2.24. The van der Waals surface area contributed by atoms with Crippen molar-refractivity contribution >= 4 is 40.2 Å². The average molecular weight is 513 g/mol. The van der Waals surface area contributed by atoms with E-state index in [4.69, 9.17) is 16.6 Å². The van der Waals surface area contributed by atoms with Crippen molar-refractivity contribution in [2.24, 2.45) is 0 Å². The molecule has 1 atom stereocenters. The Balaban J connectivity index is 1.31. The lowest BCUT2D eigenvalue weighted by Gasteiger charge is -2.33. The number of hydrogen-bond donors (Lipinski definition) is 1. The third-order valence-electron chi connectivity index (χ3n) is 6.48. The van der Waals surface area contributed by atoms with E-state index in [0.717, 1.165) is 19.5 Å². The lowest BCUT2D eigenvalue weighted by Crippen LogP contribution is -2.39. The number of hydrogen-bond acceptors (Lipinski definition) is 5. The monoisotopic (exact) mass is 512 g/mol. The van der Waals surface area contributed by atoms with Crippen LogP contribution in [0.25, 0.3) is 16.6 Å². The molecule has 1 N–H and O–H groups in total. The molecule has 2 aromatic carbocycles. The number of para-hydroxylation sites is 1. The third-order valence-corrected chi connectivity index (χ3v) is 7.74. The molecule has 2 heterocycles. The van der Waals surface area contributed by atoms with Crippen LogP contribution in [0.4, 0.5) is 0 Å². The molecule has 186 valence electrons. The van der Waals surface area contributed by atoms with Crippen LogP contribution in [-0.2, 0) is 4.79 Å². The molecule has 1 amide bonds. The van der Waals surface area contributed by atoms with Crippen molar-refractivity contribution in [3.05, 3.63) is 63.9 Å². The highest BCUT2D eigenvalue weighted by atomic mass is 35.5. The molecule has 35 heavy (non-hydrogen) atoms. The third kappa shape index (κ3) is 6.87. The molecule has 3 aromatic rings. The van der Waals surface area contributed by atoms with Crippen molar-refractivity contribution in [3.8, 4) is 5.69 Å². The maximum atomic E-state index is 13.3. The predicted molar refractivity (Wildman–Crippen MR) is 145 cm³/mol. The van der Waals surface area contributed by atoms with Crippen LogP contribution in [0.3, 0.4) is 0 Å². The van der Waals surface area contributed by atoms with Gasteiger partial charge in [-0.2, -0.15) is 0 Å². The number of carbonyl (C=O) groups excluding carboxylic acids is 1. The summed E-state index contributed by atoms with van der Waals surface area (Å²) in [7, 11) is 0. The van der Waals surface area contributed by atoms with Gasteiger partial charge in [-0.3, -0.25) is 14.2 Å². The van der Waals surface area contributed by atoms with E-state index in [1.807, 2.05) is 30.3 Å². The largest absolute Gasteiger partial charge is 0.356 e. The first kappa shape index (κ1) is 25.7. The van der Waals surface area contributed by atoms with Gasteiger partial charge in [0.05, 0.1) is 16.6 Å². The van der Waals surface area contributed by atoms with Gasteiger partial charge in [0.25, 0.3) is 5.56 Å². The Bertz CT molecular complexity index is 1220. The normalized spacial score (nSPS) is 16.5. The van der Waals surface area contributed by atoms with E-state index in [-0.39, 0.29) is 11.5 Å². The standard InChI is InChI=1S/C27H33ClN4O2S/c1-20-9-4-5-16-31(20)17-8-15-29-25(33)14-7-18-35-27-30-24-13-3-2-12-23(24)26(34)32(27)22-11-6-10-21(28)19-22/h2-3,6,10-13,19-20H,4-5,7-9,14-18H2,1H3,(H,29,33). The molecular formula is C27H33ClN4O2S. The SMILES string of the molecule is CC1CCCCN1CCCNC(=O)CCCSc1nc2ccccc2c(=O)n1-c1cccc(Cl)c1. The first-order valence-electron chi connectivity index (χ1n) is 12.4. The highest BCUT2D eigenvalue weighted by molar-refractivity contribution is 7.99. The second kappa shape index (κ2) is 12.6. The summed E-state index contributed by atoms with van der Waals surface area (Å²) in [6, 6.07) is 15.2. The molecule has 8 heteroatoms. The van der Waals surface area contributed by atoms with Gasteiger partial charge in [-0.1, -0.05) is 48.0 Å². The number of nitrogens with one attached hydrogen (secondary N) is 1. The van der Waals surface area contributed by atoms with Crippen molar-refractivity contribution < 1.29 is 4.79 Å². The molecule has 0 bridgehead atoms. The predicted octanol–water partition coefficient (Wildman–Crippen LogP) is 5.29. The van der Waals surface area contributed by atoms with Crippen molar-refractivity contribution in [1.29, 1.82) is 0 Å². The Morgan fingerprint density at radius 2 is 2.03 bits per heavy atom. The van der Waals surface area contributed by atoms with E-state index >= 15 is 0 Å². The number of halogens is 1. The molecule has 6 nitrogen and oxygen atoms in total. The Kier molecular flexibility index (Phi) is 9.24. The molecule has 4 rings (SSSR count). The fourth-order valence-electron chi connectivity index (χ4n) is 4.54. The van der Waals surface area contributed by atoms with E-state index in [1.54, 1.807) is 22.8 Å². The van der Waals surface area contributed by atoms with Crippen LogP contribution in [0.2, 0.25) is 5.02 Å². The summed E-state index contributed by atoms with van der Waals surface area (Å²) < 4.78 is 1.61. The molecule has 1 unspecified atom stereocenters. The lowest BCUT2D eigenvalue weighted by molar-refractivity contribution is -0.121. The van der Waals surface area contributed by atoms with Gasteiger partial charge in [0.1, 0.15) is 0 Å². The molecule has 1 saturated heterocycles. The lowest BCUT2D eigenvalue weighted by atomic mass is 10.0. The summed E-state index contributed by atoms with van der Waals surface area (Å²) in [6.45, 7) is 5.24. The zero-order chi connectivity index (χ0) is 24.6. The molecule has 1 aliphatic heterocycles. The molecular weight excluding hydrogens is 480 g/mol. The Labute approximate surface area is 216 Å². The first-order valence-corrected chi connectivity index (χ1v) is 13.8. The van der Waals surface area contributed by atoms with Crippen molar-refractivity contribution in [1.82, 2.24) is 19.8 Å². The smallest absolute Gasteiger partial charge is 0.266 e. The summed E-state index contributed by atoms with van der Waals surface area (Å²) in [6.07, 6.45) is 6.04. The minimum atomic E-state index is -0.124. The topological polar surface area (TPSA) is 67.2 Å². The number of rotatable bonds is 10. The minimum absolute atomic E-state index is 0.0796. The maximum Gasteiger partial charge on any atom is 0.266 e. The zero-order valence-corrected chi connectivity index (χ0v) is 21.8. The number of carbonyl (C=O) groups is 1. The van der Waals surface area contributed by atoms with Gasteiger partial charge in [0, 0.05) is 36.3 Å². The van der Waals surface area contributed by atoms with Crippen LogP contribution in [0.15, 0.2) is 58.5 Å². The van der Waals surface area contributed by atoms with E-state index in [1.165, 1.54) is 37.6 Å². The second-order valence-electron chi connectivity index (χ2n) is 9.07. The van der Waals surface area contributed by atoms with Crippen molar-refractivity contribution in [3.63, 3.8) is 0 Å². The minimum Gasteiger partial charge on any atom is -0.356 e. The number of benzene rings is 2. The second-order valence-corrected chi connectivity index (χ2v) is 10.6. The van der Waals surface area contributed by atoms with Gasteiger partial charge in [-0.05, 0) is 69.5 Å². The van der Waals surface area contributed by atoms with Crippen LogP contribution in [0.1, 0.15) is 45.4 Å². The number of likely N-dealkylation sites (tertiary alicyclic amines) is 1. The highest BCUT2D eigenvalue weighted by Gasteiger charge is 2.17. The number of piperidine rings is 1. The van der Waals surface area contributed by atoms with Gasteiger partial charge in [0.2, 0.25) is 5.91 Å². The van der Waals surface area contributed by atoms with Gasteiger partial charge in [-0.15, -0.1) is 0 Å².